The Kier molecular flexibility index (Phi) is 6.65. The van der Waals surface area contributed by atoms with Crippen LogP contribution in [0.1, 0.15) is 44.0 Å². The summed E-state index contributed by atoms with van der Waals surface area (Å²) < 4.78 is 1.58. The van der Waals surface area contributed by atoms with Gasteiger partial charge in [-0.15, -0.1) is 0 Å². The molecule has 1 aliphatic rings. The molecule has 24 heavy (non-hydrogen) atoms. The monoisotopic (exact) mass is 354 g/mol. The number of carbonyl (C=O) groups excluding carboxylic acids is 1. The molecule has 0 aromatic carbocycles. The summed E-state index contributed by atoms with van der Waals surface area (Å²) in [7, 11) is 0. The summed E-state index contributed by atoms with van der Waals surface area (Å²) in [6.45, 7) is 7.48. The first-order valence-corrected chi connectivity index (χ1v) is 9.56. The third-order valence-corrected chi connectivity index (χ3v) is 5.64. The van der Waals surface area contributed by atoms with Crippen molar-refractivity contribution in [3.63, 3.8) is 0 Å². The van der Waals surface area contributed by atoms with E-state index < -0.39 is 4.92 Å². The number of aryl methyl sites for hydroxylation is 2. The van der Waals surface area contributed by atoms with Crippen LogP contribution in [-0.2, 0) is 11.3 Å². The highest BCUT2D eigenvalue weighted by Gasteiger charge is 2.24. The summed E-state index contributed by atoms with van der Waals surface area (Å²) in [5.41, 5.74) is 0.969. The van der Waals surface area contributed by atoms with Gasteiger partial charge in [-0.25, -0.2) is 0 Å². The van der Waals surface area contributed by atoms with Gasteiger partial charge in [0, 0.05) is 24.8 Å². The Morgan fingerprint density at radius 3 is 2.79 bits per heavy atom. The lowest BCUT2D eigenvalue weighted by Crippen LogP contribution is -2.36. The van der Waals surface area contributed by atoms with E-state index in [0.29, 0.717) is 29.6 Å². The minimum Gasteiger partial charge on any atom is -0.342 e. The lowest BCUT2D eigenvalue weighted by Gasteiger charge is -2.24. The Bertz CT molecular complexity index is 602. The number of hydrogen-bond donors (Lipinski definition) is 0. The summed E-state index contributed by atoms with van der Waals surface area (Å²) in [5.74, 6) is 1.19. The van der Waals surface area contributed by atoms with Crippen molar-refractivity contribution in [1.82, 2.24) is 14.7 Å². The molecule has 1 saturated heterocycles. The highest BCUT2D eigenvalue weighted by molar-refractivity contribution is 7.99. The van der Waals surface area contributed by atoms with Crippen molar-refractivity contribution >= 4 is 23.4 Å². The van der Waals surface area contributed by atoms with Crippen LogP contribution in [0.3, 0.4) is 0 Å². The van der Waals surface area contributed by atoms with E-state index in [4.69, 9.17) is 0 Å². The molecule has 8 heteroatoms. The van der Waals surface area contributed by atoms with Crippen molar-refractivity contribution in [3.05, 3.63) is 21.5 Å². The van der Waals surface area contributed by atoms with E-state index in [1.54, 1.807) is 18.5 Å². The first kappa shape index (κ1) is 18.8. The molecule has 1 aromatic heterocycles. The zero-order chi connectivity index (χ0) is 17.7. The van der Waals surface area contributed by atoms with Crippen molar-refractivity contribution in [2.75, 3.05) is 18.8 Å². The largest absolute Gasteiger partial charge is 0.342 e. The Hall–Kier alpha value is -1.57. The first-order valence-electron chi connectivity index (χ1n) is 8.51. The topological polar surface area (TPSA) is 81.3 Å². The molecule has 1 fully saturated rings. The van der Waals surface area contributed by atoms with Gasteiger partial charge in [-0.2, -0.15) is 16.9 Å². The third-order valence-electron chi connectivity index (χ3n) is 4.45. The standard InChI is InChI=1S/C16H26N4O3S/c1-4-24-14-7-5-6-9-18(11-14)15(21)8-10-19-13(3)16(20(22)23)12(2)17-19/h14H,4-11H2,1-3H3. The fourth-order valence-electron chi connectivity index (χ4n) is 3.23. The molecule has 0 spiro atoms. The summed E-state index contributed by atoms with van der Waals surface area (Å²) in [4.78, 5) is 25.2. The third kappa shape index (κ3) is 4.49. The SMILES string of the molecule is CCSC1CCCCN(C(=O)CCn2nc(C)c([N+](=O)[O-])c2C)C1. The first-order chi connectivity index (χ1) is 11.4. The zero-order valence-corrected chi connectivity index (χ0v) is 15.5. The van der Waals surface area contributed by atoms with E-state index in [0.717, 1.165) is 25.3 Å². The molecule has 0 aliphatic carbocycles. The van der Waals surface area contributed by atoms with Gasteiger partial charge in [0.15, 0.2) is 0 Å². The lowest BCUT2D eigenvalue weighted by molar-refractivity contribution is -0.386. The maximum atomic E-state index is 12.6. The van der Waals surface area contributed by atoms with Crippen LogP contribution in [-0.4, -0.2) is 49.6 Å². The van der Waals surface area contributed by atoms with E-state index >= 15 is 0 Å². The van der Waals surface area contributed by atoms with Crippen LogP contribution < -0.4 is 0 Å². The minimum atomic E-state index is -0.405. The number of hydrogen-bond acceptors (Lipinski definition) is 5. The van der Waals surface area contributed by atoms with Crippen LogP contribution in [0.25, 0.3) is 0 Å². The van der Waals surface area contributed by atoms with Crippen LogP contribution in [0, 0.1) is 24.0 Å². The van der Waals surface area contributed by atoms with Gasteiger partial charge in [-0.3, -0.25) is 19.6 Å². The molecular weight excluding hydrogens is 328 g/mol. The lowest BCUT2D eigenvalue weighted by atomic mass is 10.2. The summed E-state index contributed by atoms with van der Waals surface area (Å²) in [6.07, 6.45) is 3.73. The summed E-state index contributed by atoms with van der Waals surface area (Å²) >= 11 is 1.93. The van der Waals surface area contributed by atoms with Gasteiger partial charge < -0.3 is 4.90 Å². The van der Waals surface area contributed by atoms with Crippen molar-refractivity contribution in [2.24, 2.45) is 0 Å². The number of amides is 1. The fourth-order valence-corrected chi connectivity index (χ4v) is 4.32. The second-order valence-electron chi connectivity index (χ2n) is 6.16. The van der Waals surface area contributed by atoms with E-state index in [1.807, 2.05) is 16.7 Å². The predicted octanol–water partition coefficient (Wildman–Crippen LogP) is 2.93. The number of nitrogens with zero attached hydrogens (tertiary/aromatic N) is 4. The van der Waals surface area contributed by atoms with Gasteiger partial charge in [0.1, 0.15) is 11.4 Å². The van der Waals surface area contributed by atoms with Crippen LogP contribution in [0.2, 0.25) is 0 Å². The van der Waals surface area contributed by atoms with Gasteiger partial charge in [-0.1, -0.05) is 13.3 Å². The Balaban J connectivity index is 1.97. The molecule has 1 unspecified atom stereocenters. The smallest absolute Gasteiger partial charge is 0.312 e. The molecule has 1 aromatic rings. The number of nitro groups is 1. The maximum absolute atomic E-state index is 12.6. The second kappa shape index (κ2) is 8.50. The molecule has 1 atom stereocenters. The van der Waals surface area contributed by atoms with Crippen molar-refractivity contribution < 1.29 is 9.72 Å². The highest BCUT2D eigenvalue weighted by Crippen LogP contribution is 2.24. The molecule has 2 heterocycles. The van der Waals surface area contributed by atoms with Crippen LogP contribution in [0.4, 0.5) is 5.69 Å². The second-order valence-corrected chi connectivity index (χ2v) is 7.74. The molecule has 0 radical (unpaired) electrons. The van der Waals surface area contributed by atoms with Crippen LogP contribution >= 0.6 is 11.8 Å². The molecule has 1 amide bonds. The molecule has 2 rings (SSSR count). The maximum Gasteiger partial charge on any atom is 0.312 e. The molecular formula is C16H26N4O3S. The Morgan fingerprint density at radius 1 is 1.42 bits per heavy atom. The van der Waals surface area contributed by atoms with Crippen LogP contribution in [0.15, 0.2) is 0 Å². The van der Waals surface area contributed by atoms with Gasteiger partial charge in [0.05, 0.1) is 11.5 Å². The molecule has 7 nitrogen and oxygen atoms in total. The average Bonchev–Trinajstić information content (AvgIpc) is 2.69. The quantitative estimate of drug-likeness (QED) is 0.579. The number of aromatic nitrogens is 2. The summed E-state index contributed by atoms with van der Waals surface area (Å²) in [6, 6.07) is 0. The van der Waals surface area contributed by atoms with Gasteiger partial charge in [-0.05, 0) is 32.4 Å². The normalized spacial score (nSPS) is 18.5. The molecule has 0 saturated carbocycles. The Labute approximate surface area is 146 Å². The Morgan fingerprint density at radius 2 is 2.17 bits per heavy atom. The van der Waals surface area contributed by atoms with E-state index in [2.05, 4.69) is 12.0 Å². The number of thioether (sulfide) groups is 1. The molecule has 0 bridgehead atoms. The summed E-state index contributed by atoms with van der Waals surface area (Å²) in [5, 5.41) is 15.8. The van der Waals surface area contributed by atoms with E-state index in [9.17, 15) is 14.9 Å². The number of rotatable bonds is 6. The predicted molar refractivity (Wildman–Crippen MR) is 95.3 cm³/mol. The van der Waals surface area contributed by atoms with Crippen molar-refractivity contribution in [1.29, 1.82) is 0 Å². The highest BCUT2D eigenvalue weighted by atomic mass is 32.2. The van der Waals surface area contributed by atoms with Crippen molar-refractivity contribution in [3.8, 4) is 0 Å². The van der Waals surface area contributed by atoms with Gasteiger partial charge >= 0.3 is 5.69 Å². The van der Waals surface area contributed by atoms with E-state index in [1.165, 1.54) is 12.8 Å². The number of carbonyl (C=O) groups is 1. The van der Waals surface area contributed by atoms with E-state index in [-0.39, 0.29) is 11.6 Å². The number of likely N-dealkylation sites (tertiary alicyclic amines) is 1. The van der Waals surface area contributed by atoms with Crippen LogP contribution in [0.5, 0.6) is 0 Å². The zero-order valence-electron chi connectivity index (χ0n) is 14.7. The average molecular weight is 354 g/mol. The minimum absolute atomic E-state index is 0.0524. The molecule has 1 aliphatic heterocycles. The fraction of sp³-hybridized carbons (Fsp3) is 0.750. The van der Waals surface area contributed by atoms with Crippen molar-refractivity contribution in [2.45, 2.75) is 58.2 Å². The van der Waals surface area contributed by atoms with Gasteiger partial charge in [0.25, 0.3) is 0 Å². The van der Waals surface area contributed by atoms with Gasteiger partial charge in [0.2, 0.25) is 5.91 Å². The molecule has 134 valence electrons. The molecule has 0 N–H and O–H groups in total.